The molecular formula is C26H27N5O. The van der Waals surface area contributed by atoms with Crippen molar-refractivity contribution in [3.05, 3.63) is 89.6 Å². The molecule has 6 heteroatoms. The summed E-state index contributed by atoms with van der Waals surface area (Å²) < 4.78 is 0. The van der Waals surface area contributed by atoms with E-state index in [0.29, 0.717) is 12.1 Å². The third kappa shape index (κ3) is 4.76. The summed E-state index contributed by atoms with van der Waals surface area (Å²) in [5, 5.41) is 4.10. The van der Waals surface area contributed by atoms with Gasteiger partial charge in [-0.1, -0.05) is 42.5 Å². The second-order valence-electron chi connectivity index (χ2n) is 8.23. The molecule has 1 heterocycles. The first-order valence-corrected chi connectivity index (χ1v) is 10.5. The number of nitrogens with one attached hydrogen (secondary N) is 1. The maximum Gasteiger partial charge on any atom is 0.251 e. The zero-order valence-corrected chi connectivity index (χ0v) is 18.5. The van der Waals surface area contributed by atoms with Gasteiger partial charge in [0.05, 0.1) is 11.6 Å². The number of nitrogens with zero attached hydrogens (tertiary/aromatic N) is 3. The van der Waals surface area contributed by atoms with Gasteiger partial charge in [-0.2, -0.15) is 0 Å². The Kier molecular flexibility index (Phi) is 6.14. The number of hydrogen-bond acceptors (Lipinski definition) is 5. The van der Waals surface area contributed by atoms with Crippen molar-refractivity contribution in [1.29, 1.82) is 0 Å². The Morgan fingerprint density at radius 1 is 1.06 bits per heavy atom. The third-order valence-corrected chi connectivity index (χ3v) is 5.46. The minimum atomic E-state index is -0.105. The molecule has 0 aliphatic rings. The molecule has 0 bridgehead atoms. The van der Waals surface area contributed by atoms with Crippen LogP contribution in [0.4, 0.5) is 5.95 Å². The molecule has 0 aliphatic carbocycles. The van der Waals surface area contributed by atoms with Crippen molar-refractivity contribution in [2.24, 2.45) is 0 Å². The fourth-order valence-corrected chi connectivity index (χ4v) is 3.82. The van der Waals surface area contributed by atoms with Crippen molar-refractivity contribution in [2.45, 2.75) is 13.0 Å². The van der Waals surface area contributed by atoms with Crippen LogP contribution >= 0.6 is 0 Å². The lowest BCUT2D eigenvalue weighted by Crippen LogP contribution is -2.35. The standard InChI is InChI=1S/C26H27N5O/c1-17-9-10-20(25(32)29-24(16-31(2)3)18-7-5-4-6-8-18)14-22(17)19-11-12-23-21(13-19)15-28-26(27)30-23/h4-15,24H,16H2,1-3H3,(H,29,32)(H2,27,28,30). The second kappa shape index (κ2) is 9.16. The van der Waals surface area contributed by atoms with Crippen LogP contribution in [0.3, 0.4) is 0 Å². The number of rotatable bonds is 6. The van der Waals surface area contributed by atoms with Crippen molar-refractivity contribution >= 4 is 22.8 Å². The Bertz CT molecular complexity index is 1250. The molecule has 1 atom stereocenters. The van der Waals surface area contributed by atoms with Gasteiger partial charge in [0.2, 0.25) is 5.95 Å². The molecule has 3 N–H and O–H groups in total. The highest BCUT2D eigenvalue weighted by Gasteiger charge is 2.17. The van der Waals surface area contributed by atoms with E-state index in [1.54, 1.807) is 6.20 Å². The van der Waals surface area contributed by atoms with E-state index >= 15 is 0 Å². The maximum absolute atomic E-state index is 13.2. The van der Waals surface area contributed by atoms with Gasteiger partial charge in [0.15, 0.2) is 0 Å². The number of nitrogen functional groups attached to an aromatic ring is 1. The first-order valence-electron chi connectivity index (χ1n) is 10.5. The van der Waals surface area contributed by atoms with Gasteiger partial charge in [0, 0.05) is 23.7 Å². The average Bonchev–Trinajstić information content (AvgIpc) is 2.79. The molecule has 3 aromatic carbocycles. The third-order valence-electron chi connectivity index (χ3n) is 5.46. The zero-order valence-electron chi connectivity index (χ0n) is 18.5. The minimum Gasteiger partial charge on any atom is -0.368 e. The first-order chi connectivity index (χ1) is 15.4. The fourth-order valence-electron chi connectivity index (χ4n) is 3.82. The molecule has 4 aromatic rings. The van der Waals surface area contributed by atoms with E-state index in [2.05, 4.69) is 20.2 Å². The molecule has 1 unspecified atom stereocenters. The highest BCUT2D eigenvalue weighted by molar-refractivity contribution is 5.96. The SMILES string of the molecule is Cc1ccc(C(=O)NC(CN(C)C)c2ccccc2)cc1-c1ccc2nc(N)ncc2c1. The predicted molar refractivity (Wildman–Crippen MR) is 129 cm³/mol. The Hall–Kier alpha value is -3.77. The van der Waals surface area contributed by atoms with E-state index in [4.69, 9.17) is 5.73 Å². The molecular weight excluding hydrogens is 398 g/mol. The van der Waals surface area contributed by atoms with Crippen LogP contribution in [0.2, 0.25) is 0 Å². The number of fused-ring (bicyclic) bond motifs is 1. The van der Waals surface area contributed by atoms with Crippen molar-refractivity contribution in [3.8, 4) is 11.1 Å². The maximum atomic E-state index is 13.2. The molecule has 0 spiro atoms. The number of carbonyl (C=O) groups excluding carboxylic acids is 1. The lowest BCUT2D eigenvalue weighted by Gasteiger charge is -2.23. The highest BCUT2D eigenvalue weighted by atomic mass is 16.1. The van der Waals surface area contributed by atoms with Crippen LogP contribution < -0.4 is 11.1 Å². The number of aromatic nitrogens is 2. The molecule has 32 heavy (non-hydrogen) atoms. The Morgan fingerprint density at radius 2 is 1.84 bits per heavy atom. The van der Waals surface area contributed by atoms with Crippen LogP contribution in [-0.4, -0.2) is 41.4 Å². The first kappa shape index (κ1) is 21.5. The van der Waals surface area contributed by atoms with Gasteiger partial charge in [-0.25, -0.2) is 9.97 Å². The van der Waals surface area contributed by atoms with E-state index < -0.39 is 0 Å². The van der Waals surface area contributed by atoms with Crippen molar-refractivity contribution in [3.63, 3.8) is 0 Å². The van der Waals surface area contributed by atoms with Gasteiger partial charge in [0.25, 0.3) is 5.91 Å². The molecule has 4 rings (SSSR count). The molecule has 1 aromatic heterocycles. The van der Waals surface area contributed by atoms with Crippen molar-refractivity contribution in [2.75, 3.05) is 26.4 Å². The van der Waals surface area contributed by atoms with Gasteiger partial charge in [-0.15, -0.1) is 0 Å². The van der Waals surface area contributed by atoms with Crippen LogP contribution in [0.25, 0.3) is 22.0 Å². The van der Waals surface area contributed by atoms with E-state index in [9.17, 15) is 4.79 Å². The molecule has 0 saturated carbocycles. The van der Waals surface area contributed by atoms with E-state index in [-0.39, 0.29) is 17.9 Å². The summed E-state index contributed by atoms with van der Waals surface area (Å²) in [6, 6.07) is 21.7. The fraction of sp³-hybridized carbons (Fsp3) is 0.192. The van der Waals surface area contributed by atoms with Crippen molar-refractivity contribution in [1.82, 2.24) is 20.2 Å². The lowest BCUT2D eigenvalue weighted by molar-refractivity contribution is 0.0930. The summed E-state index contributed by atoms with van der Waals surface area (Å²) in [6.07, 6.45) is 1.72. The number of benzene rings is 3. The summed E-state index contributed by atoms with van der Waals surface area (Å²) in [7, 11) is 4.01. The average molecular weight is 426 g/mol. The van der Waals surface area contributed by atoms with E-state index in [1.807, 2.05) is 87.7 Å². The van der Waals surface area contributed by atoms with Crippen LogP contribution in [0, 0.1) is 6.92 Å². The molecule has 162 valence electrons. The normalized spacial score (nSPS) is 12.1. The van der Waals surface area contributed by atoms with E-state index in [0.717, 1.165) is 33.2 Å². The van der Waals surface area contributed by atoms with Gasteiger partial charge >= 0.3 is 0 Å². The highest BCUT2D eigenvalue weighted by Crippen LogP contribution is 2.28. The monoisotopic (exact) mass is 425 g/mol. The largest absolute Gasteiger partial charge is 0.368 e. The number of likely N-dealkylation sites (N-methyl/N-ethyl adjacent to an activating group) is 1. The number of aryl methyl sites for hydroxylation is 1. The van der Waals surface area contributed by atoms with Gasteiger partial charge < -0.3 is 16.0 Å². The van der Waals surface area contributed by atoms with Crippen LogP contribution in [0.15, 0.2) is 72.9 Å². The summed E-state index contributed by atoms with van der Waals surface area (Å²) in [5.74, 6) is 0.157. The van der Waals surface area contributed by atoms with Crippen molar-refractivity contribution < 1.29 is 4.79 Å². The van der Waals surface area contributed by atoms with Gasteiger partial charge in [-0.05, 0) is 67.5 Å². The van der Waals surface area contributed by atoms with Gasteiger partial charge in [-0.3, -0.25) is 4.79 Å². The molecule has 1 amide bonds. The van der Waals surface area contributed by atoms with Crippen LogP contribution in [-0.2, 0) is 0 Å². The summed E-state index contributed by atoms with van der Waals surface area (Å²) in [4.78, 5) is 23.6. The molecule has 0 radical (unpaired) electrons. The summed E-state index contributed by atoms with van der Waals surface area (Å²) in [6.45, 7) is 2.75. The Morgan fingerprint density at radius 3 is 2.59 bits per heavy atom. The lowest BCUT2D eigenvalue weighted by atomic mass is 9.96. The van der Waals surface area contributed by atoms with Crippen LogP contribution in [0.1, 0.15) is 27.5 Å². The zero-order chi connectivity index (χ0) is 22.7. The van der Waals surface area contributed by atoms with Gasteiger partial charge in [0.1, 0.15) is 0 Å². The number of nitrogens with two attached hydrogens (primary N) is 1. The molecule has 0 saturated heterocycles. The molecule has 6 nitrogen and oxygen atoms in total. The van der Waals surface area contributed by atoms with E-state index in [1.165, 1.54) is 0 Å². The molecule has 0 aliphatic heterocycles. The molecule has 0 fully saturated rings. The Labute approximate surface area is 188 Å². The number of carbonyl (C=O) groups is 1. The number of anilines is 1. The number of hydrogen-bond donors (Lipinski definition) is 2. The predicted octanol–water partition coefficient (Wildman–Crippen LogP) is 4.22. The number of amides is 1. The Balaban J connectivity index is 1.64. The minimum absolute atomic E-state index is 0.0983. The van der Waals surface area contributed by atoms with Crippen LogP contribution in [0.5, 0.6) is 0 Å². The second-order valence-corrected chi connectivity index (χ2v) is 8.23. The smallest absolute Gasteiger partial charge is 0.251 e. The summed E-state index contributed by atoms with van der Waals surface area (Å²) >= 11 is 0. The summed E-state index contributed by atoms with van der Waals surface area (Å²) in [5.41, 5.74) is 11.3. The quantitative estimate of drug-likeness (QED) is 0.483. The topological polar surface area (TPSA) is 84.1 Å².